The van der Waals surface area contributed by atoms with Gasteiger partial charge in [-0.15, -0.1) is 11.3 Å². The third-order valence-electron chi connectivity index (χ3n) is 17.5. The van der Waals surface area contributed by atoms with Gasteiger partial charge in [-0.25, -0.2) is 4.98 Å². The van der Waals surface area contributed by atoms with Gasteiger partial charge in [-0.2, -0.15) is 0 Å². The van der Waals surface area contributed by atoms with E-state index in [1.807, 2.05) is 81.4 Å². The molecule has 4 aromatic rings. The molecule has 0 saturated carbocycles. The minimum atomic E-state index is -0.833. The van der Waals surface area contributed by atoms with Crippen molar-refractivity contribution < 1.29 is 29.1 Å². The maximum atomic E-state index is 14.4. The maximum absolute atomic E-state index is 14.4. The molecule has 0 bridgehead atoms. The van der Waals surface area contributed by atoms with Gasteiger partial charge < -0.3 is 30.4 Å². The molecule has 15 heteroatoms. The topological polar surface area (TPSA) is 161 Å². The number of benzene rings is 3. The lowest BCUT2D eigenvalue weighted by Gasteiger charge is -2.55. The number of hydrogen-bond acceptors (Lipinski definition) is 11. The number of amides is 3. The summed E-state index contributed by atoms with van der Waals surface area (Å²) in [5.41, 5.74) is 15.8. The van der Waals surface area contributed by atoms with Crippen LogP contribution >= 0.6 is 22.9 Å². The summed E-state index contributed by atoms with van der Waals surface area (Å²) in [6.07, 6.45) is 4.38. The van der Waals surface area contributed by atoms with Gasteiger partial charge in [0.15, 0.2) is 5.78 Å². The van der Waals surface area contributed by atoms with Gasteiger partial charge in [0.2, 0.25) is 17.7 Å². The highest BCUT2D eigenvalue weighted by molar-refractivity contribution is 7.13. The fourth-order valence-corrected chi connectivity index (χ4v) is 13.8. The first kappa shape index (κ1) is 55.5. The molecule has 406 valence electrons. The Morgan fingerprint density at radius 3 is 2.13 bits per heavy atom. The number of β-amino-alcohol motifs (C(OH)–C–C–N with tert-alkyl or cyclic N) is 1. The van der Waals surface area contributed by atoms with Crippen LogP contribution in [0.15, 0.2) is 83.9 Å². The number of allylic oxidation sites excluding steroid dienone is 1. The second-order valence-corrected chi connectivity index (χ2v) is 25.8. The number of hydrogen-bond donors (Lipinski definition) is 2. The SMILES string of the molecule is Cc1ncsc1-c1ccc([C@H](C)CC(=O)[C@@H]2C[C@@H](O)CN2C(=O)[C@@H](CC(=O)CC(=O)N2CC3(CCN(CC4(C)CCC(c5ccc(Cl)cc5)=C(CN5CCN(c6ccc(C(N)=O)cc6)CC5)C4)CC3)C2)C(C)(C)C)cc1. The number of anilines is 1. The second kappa shape index (κ2) is 23.0. The van der Waals surface area contributed by atoms with Crippen molar-refractivity contribution in [3.8, 4) is 10.4 Å². The molecule has 76 heavy (non-hydrogen) atoms. The van der Waals surface area contributed by atoms with Crippen LogP contribution in [0.25, 0.3) is 16.0 Å². The number of Topliss-reactive ketones (excluding diaryl/α,β-unsaturated/α-hetero) is 2. The summed E-state index contributed by atoms with van der Waals surface area (Å²) in [5.74, 6) is -2.13. The molecule has 3 amide bonds. The van der Waals surface area contributed by atoms with Gasteiger partial charge in [0, 0.05) is 106 Å². The maximum Gasteiger partial charge on any atom is 0.248 e. The number of piperidine rings is 1. The quantitative estimate of drug-likeness (QED) is 0.0976. The molecular weight excluding hydrogens is 994 g/mol. The van der Waals surface area contributed by atoms with Gasteiger partial charge >= 0.3 is 0 Å². The van der Waals surface area contributed by atoms with E-state index in [1.165, 1.54) is 21.6 Å². The number of aliphatic hydroxyl groups is 1. The first-order valence-electron chi connectivity index (χ1n) is 27.5. The van der Waals surface area contributed by atoms with Crippen LogP contribution in [-0.4, -0.2) is 143 Å². The highest BCUT2D eigenvalue weighted by Crippen LogP contribution is 2.47. The highest BCUT2D eigenvalue weighted by Gasteiger charge is 2.49. The zero-order valence-electron chi connectivity index (χ0n) is 45.5. The van der Waals surface area contributed by atoms with E-state index in [2.05, 4.69) is 50.9 Å². The molecule has 5 heterocycles. The van der Waals surface area contributed by atoms with E-state index in [1.54, 1.807) is 23.5 Å². The van der Waals surface area contributed by atoms with E-state index in [0.717, 1.165) is 117 Å². The predicted octanol–water partition coefficient (Wildman–Crippen LogP) is 9.30. The molecule has 13 nitrogen and oxygen atoms in total. The van der Waals surface area contributed by atoms with Gasteiger partial charge in [-0.1, -0.05) is 88.2 Å². The van der Waals surface area contributed by atoms with Crippen LogP contribution in [-0.2, 0) is 19.2 Å². The summed E-state index contributed by atoms with van der Waals surface area (Å²) in [7, 11) is 0. The van der Waals surface area contributed by atoms with Crippen molar-refractivity contribution in [3.63, 3.8) is 0 Å². The predicted molar refractivity (Wildman–Crippen MR) is 302 cm³/mol. The van der Waals surface area contributed by atoms with Gasteiger partial charge in [-0.3, -0.25) is 28.9 Å². The molecule has 1 unspecified atom stereocenters. The van der Waals surface area contributed by atoms with Crippen LogP contribution in [0.1, 0.15) is 126 Å². The Morgan fingerprint density at radius 2 is 1.51 bits per heavy atom. The van der Waals surface area contributed by atoms with Crippen molar-refractivity contribution in [1.82, 2.24) is 24.6 Å². The van der Waals surface area contributed by atoms with Crippen LogP contribution in [0.2, 0.25) is 5.02 Å². The molecule has 5 aliphatic rings. The second-order valence-electron chi connectivity index (χ2n) is 24.5. The number of nitrogens with zero attached hydrogens (tertiary/aromatic N) is 6. The minimum absolute atomic E-state index is 0.0421. The Labute approximate surface area is 458 Å². The minimum Gasteiger partial charge on any atom is -0.391 e. The van der Waals surface area contributed by atoms with E-state index < -0.39 is 29.4 Å². The van der Waals surface area contributed by atoms with Crippen molar-refractivity contribution in [2.75, 3.05) is 76.9 Å². The monoisotopic (exact) mass is 1070 g/mol. The van der Waals surface area contributed by atoms with Crippen LogP contribution in [0.4, 0.5) is 5.69 Å². The lowest BCUT2D eigenvalue weighted by Crippen LogP contribution is -2.62. The number of primary amides is 1. The summed E-state index contributed by atoms with van der Waals surface area (Å²) in [6.45, 7) is 21.2. The normalized spacial score (nSPS) is 23.1. The zero-order valence-corrected chi connectivity index (χ0v) is 47.1. The van der Waals surface area contributed by atoms with Crippen molar-refractivity contribution in [1.29, 1.82) is 0 Å². The number of nitrogens with two attached hydrogens (primary N) is 1. The largest absolute Gasteiger partial charge is 0.391 e. The first-order chi connectivity index (χ1) is 36.1. The third-order valence-corrected chi connectivity index (χ3v) is 18.8. The molecule has 3 aromatic carbocycles. The Balaban J connectivity index is 0.749. The highest BCUT2D eigenvalue weighted by atomic mass is 35.5. The molecule has 1 aliphatic carbocycles. The van der Waals surface area contributed by atoms with E-state index >= 15 is 0 Å². The third kappa shape index (κ3) is 12.8. The molecule has 5 atom stereocenters. The van der Waals surface area contributed by atoms with E-state index in [4.69, 9.17) is 17.3 Å². The lowest BCUT2D eigenvalue weighted by atomic mass is 9.69. The van der Waals surface area contributed by atoms with Crippen molar-refractivity contribution in [3.05, 3.63) is 111 Å². The molecular formula is C61H78ClN7O6S. The van der Waals surface area contributed by atoms with Crippen LogP contribution in [0.5, 0.6) is 0 Å². The summed E-state index contributed by atoms with van der Waals surface area (Å²) in [5, 5.41) is 11.6. The number of rotatable bonds is 17. The number of aromatic nitrogens is 1. The molecule has 4 saturated heterocycles. The number of aryl methyl sites for hydroxylation is 1. The van der Waals surface area contributed by atoms with Crippen LogP contribution < -0.4 is 10.6 Å². The fourth-order valence-electron chi connectivity index (χ4n) is 12.9. The molecule has 1 aromatic heterocycles. The van der Waals surface area contributed by atoms with Gasteiger partial charge in [-0.05, 0) is 128 Å². The first-order valence-corrected chi connectivity index (χ1v) is 28.8. The number of carbonyl (C=O) groups excluding carboxylic acids is 5. The van der Waals surface area contributed by atoms with Crippen molar-refractivity contribution in [2.45, 2.75) is 117 Å². The van der Waals surface area contributed by atoms with Gasteiger partial charge in [0.25, 0.3) is 0 Å². The lowest BCUT2D eigenvalue weighted by molar-refractivity contribution is -0.151. The smallest absolute Gasteiger partial charge is 0.248 e. The van der Waals surface area contributed by atoms with E-state index in [-0.39, 0.29) is 72.4 Å². The zero-order chi connectivity index (χ0) is 54.1. The van der Waals surface area contributed by atoms with Crippen LogP contribution in [0.3, 0.4) is 0 Å². The average Bonchev–Trinajstić information content (AvgIpc) is 4.01. The Hall–Kier alpha value is -5.25. The molecule has 3 N–H and O–H groups in total. The summed E-state index contributed by atoms with van der Waals surface area (Å²) in [4.78, 5) is 83.9. The Morgan fingerprint density at radius 1 is 0.855 bits per heavy atom. The van der Waals surface area contributed by atoms with Crippen molar-refractivity contribution >= 4 is 63.5 Å². The summed E-state index contributed by atoms with van der Waals surface area (Å²) >= 11 is 7.95. The summed E-state index contributed by atoms with van der Waals surface area (Å²) in [6, 6.07) is 23.3. The van der Waals surface area contributed by atoms with E-state index in [0.29, 0.717) is 18.7 Å². The molecule has 4 aliphatic heterocycles. The number of likely N-dealkylation sites (tertiary alicyclic amines) is 3. The Bertz CT molecular complexity index is 2780. The number of ketones is 2. The van der Waals surface area contributed by atoms with Gasteiger partial charge in [0.05, 0.1) is 34.6 Å². The number of thiazole rings is 1. The number of halogens is 1. The fraction of sp³-hybridized carbons (Fsp3) is 0.541. The van der Waals surface area contributed by atoms with Crippen molar-refractivity contribution in [2.24, 2.45) is 27.9 Å². The average molecular weight is 1070 g/mol. The molecule has 9 rings (SSSR count). The standard InChI is InChI=1S/C61H78ClN7O6S/c1-40(42-7-9-44(10-8-42)56-41(2)64-39-76-56)29-54(72)53-31-50(71)35-69(53)58(75)52(59(3,4)5)30-49(70)32-55(73)68-37-61(38-68)21-23-66(24-22-61)36-60(6)20-19-51(43-11-15-47(62)16-12-43)46(33-60)34-65-25-27-67(28-26-65)48-17-13-45(14-18-48)57(63)74/h7-18,39-40,50,52-53,71H,19-38H2,1-6H3,(H2,63,74)/t40-,50-,52-,53+,60?/m1/s1. The number of piperazine rings is 1. The number of aliphatic hydroxyl groups excluding tert-OH is 1. The van der Waals surface area contributed by atoms with E-state index in [9.17, 15) is 29.1 Å². The number of carbonyl (C=O) groups is 5. The van der Waals surface area contributed by atoms with Crippen LogP contribution in [0, 0.1) is 29.1 Å². The molecule has 1 spiro atoms. The van der Waals surface area contributed by atoms with Gasteiger partial charge in [0.1, 0.15) is 5.78 Å². The summed E-state index contributed by atoms with van der Waals surface area (Å²) < 4.78 is 0. The Kier molecular flexibility index (Phi) is 16.8. The molecule has 4 fully saturated rings. The molecule has 0 radical (unpaired) electrons.